The zero-order valence-electron chi connectivity index (χ0n) is 20.3. The molecule has 0 aromatic heterocycles. The molecule has 2 atom stereocenters. The van der Waals surface area contributed by atoms with Crippen molar-refractivity contribution in [1.82, 2.24) is 0 Å². The molecule has 0 radical (unpaired) electrons. The van der Waals surface area contributed by atoms with Gasteiger partial charge < -0.3 is 14.9 Å². The quantitative estimate of drug-likeness (QED) is 0.313. The Bertz CT molecular complexity index is 1210. The number of nitrogens with zero attached hydrogens (tertiary/aromatic N) is 1. The Labute approximate surface area is 204 Å². The van der Waals surface area contributed by atoms with E-state index in [1.54, 1.807) is 43.5 Å². The minimum absolute atomic E-state index is 0.126. The normalized spacial score (nSPS) is 21.7. The monoisotopic (exact) mass is 480 g/mol. The first-order valence-electron chi connectivity index (χ1n) is 11.9. The average Bonchev–Trinajstić information content (AvgIpc) is 3.03. The van der Waals surface area contributed by atoms with E-state index in [9.17, 15) is 19.1 Å². The van der Waals surface area contributed by atoms with Crippen molar-refractivity contribution in [3.8, 4) is 5.75 Å². The molecule has 2 aromatic carbocycles. The number of benzene rings is 2. The summed E-state index contributed by atoms with van der Waals surface area (Å²) in [6, 6.07) is 11.8. The van der Waals surface area contributed by atoms with Gasteiger partial charge in [0.25, 0.3) is 0 Å². The number of hydrogen-bond donors (Lipinski definition) is 2. The Kier molecular flexibility index (Phi) is 6.90. The number of halogens is 1. The largest absolute Gasteiger partial charge is 0.497 e. The summed E-state index contributed by atoms with van der Waals surface area (Å²) in [4.78, 5) is 23.9. The van der Waals surface area contributed by atoms with Crippen molar-refractivity contribution in [2.75, 3.05) is 13.7 Å². The molecule has 2 N–H and O–H groups in total. The van der Waals surface area contributed by atoms with E-state index in [4.69, 9.17) is 9.84 Å². The maximum Gasteiger partial charge on any atom is 0.303 e. The van der Waals surface area contributed by atoms with Crippen molar-refractivity contribution in [2.45, 2.75) is 57.0 Å². The minimum Gasteiger partial charge on any atom is -0.497 e. The van der Waals surface area contributed by atoms with Crippen LogP contribution in [-0.4, -0.2) is 52.0 Å². The number of ether oxygens (including phenoxy) is 1. The molecule has 4 rings (SSSR count). The molecule has 0 spiro atoms. The van der Waals surface area contributed by atoms with E-state index in [0.29, 0.717) is 24.3 Å². The van der Waals surface area contributed by atoms with Crippen LogP contribution < -0.4 is 4.74 Å². The maximum absolute atomic E-state index is 14.1. The molecular weight excluding hydrogens is 449 g/mol. The van der Waals surface area contributed by atoms with Crippen LogP contribution in [0, 0.1) is 5.82 Å². The van der Waals surface area contributed by atoms with E-state index >= 15 is 0 Å². The molecule has 184 valence electrons. The molecule has 1 saturated carbocycles. The van der Waals surface area contributed by atoms with Crippen molar-refractivity contribution in [3.05, 3.63) is 71.1 Å². The van der Waals surface area contributed by atoms with Gasteiger partial charge in [0.2, 0.25) is 5.69 Å². The highest BCUT2D eigenvalue weighted by Gasteiger charge is 2.49. The van der Waals surface area contributed by atoms with Gasteiger partial charge in [-0.15, -0.1) is 0 Å². The fourth-order valence-electron chi connectivity index (χ4n) is 5.07. The van der Waals surface area contributed by atoms with Crippen LogP contribution in [0.15, 0.2) is 54.1 Å². The summed E-state index contributed by atoms with van der Waals surface area (Å²) in [5, 5.41) is 19.8. The van der Waals surface area contributed by atoms with Crippen LogP contribution in [0.2, 0.25) is 0 Å². The molecule has 0 bridgehead atoms. The number of carboxylic acids is 1. The van der Waals surface area contributed by atoms with Gasteiger partial charge in [0.1, 0.15) is 18.1 Å². The lowest BCUT2D eigenvalue weighted by atomic mass is 9.70. The second-order valence-electron chi connectivity index (χ2n) is 9.69. The summed E-state index contributed by atoms with van der Waals surface area (Å²) in [5.74, 6) is -1.21. The lowest BCUT2D eigenvalue weighted by Crippen LogP contribution is -2.44. The number of carbonyl (C=O) groups is 2. The Morgan fingerprint density at radius 3 is 2.49 bits per heavy atom. The highest BCUT2D eigenvalue weighted by molar-refractivity contribution is 6.15. The second kappa shape index (κ2) is 9.74. The number of hydrogen-bond acceptors (Lipinski definition) is 4. The van der Waals surface area contributed by atoms with E-state index in [0.717, 1.165) is 35.4 Å². The first-order chi connectivity index (χ1) is 16.6. The highest BCUT2D eigenvalue weighted by Crippen LogP contribution is 2.44. The van der Waals surface area contributed by atoms with Crippen LogP contribution in [0.5, 0.6) is 5.75 Å². The van der Waals surface area contributed by atoms with Crippen molar-refractivity contribution < 1.29 is 33.5 Å². The number of Topliss-reactive ketones (excluding diaryl/α,β-unsaturated/α-hetero) is 1. The number of aliphatic carboxylic acids is 1. The van der Waals surface area contributed by atoms with E-state index in [-0.39, 0.29) is 18.0 Å². The standard InChI is InChI=1S/C28H30FNO5/c1-28(2)21-15-18(29)10-13-22(21)30(14-6-4-5-7-24(31)32)23(28)16-20-26(33)25(27(20)34)17-8-11-19(35-3)12-9-17/h8-13,15-16,25-26,33H,4-7,14H2,1-3H3/p+1. The number of allylic oxidation sites excluding steroid dienone is 1. The number of carboxylic acid groups (broad SMARTS) is 1. The van der Waals surface area contributed by atoms with E-state index in [1.807, 2.05) is 13.8 Å². The topological polar surface area (TPSA) is 86.8 Å². The molecule has 35 heavy (non-hydrogen) atoms. The smallest absolute Gasteiger partial charge is 0.303 e. The van der Waals surface area contributed by atoms with Crippen molar-refractivity contribution >= 4 is 23.2 Å². The maximum atomic E-state index is 14.1. The third kappa shape index (κ3) is 4.65. The molecule has 2 aliphatic rings. The third-order valence-corrected chi connectivity index (χ3v) is 7.09. The molecule has 2 unspecified atom stereocenters. The van der Waals surface area contributed by atoms with E-state index < -0.39 is 23.4 Å². The molecule has 7 heteroatoms. The number of unbranched alkanes of at least 4 members (excludes halogenated alkanes) is 2. The van der Waals surface area contributed by atoms with Gasteiger partial charge in [-0.2, -0.15) is 4.58 Å². The summed E-state index contributed by atoms with van der Waals surface area (Å²) in [6.45, 7) is 4.57. The summed E-state index contributed by atoms with van der Waals surface area (Å²) < 4.78 is 21.4. The van der Waals surface area contributed by atoms with E-state index in [2.05, 4.69) is 4.58 Å². The molecule has 0 saturated heterocycles. The number of carbonyl (C=O) groups excluding carboxylic acids is 1. The Morgan fingerprint density at radius 2 is 1.86 bits per heavy atom. The SMILES string of the molecule is COc1ccc(C2C(=O)C(=CC3=[N+](CCCCCC(=O)O)c4ccc(F)cc4C3(C)C)C2O)cc1. The first kappa shape index (κ1) is 24.8. The van der Waals surface area contributed by atoms with Crippen molar-refractivity contribution in [3.63, 3.8) is 0 Å². The van der Waals surface area contributed by atoms with Gasteiger partial charge in [-0.3, -0.25) is 9.59 Å². The van der Waals surface area contributed by atoms with Crippen LogP contribution >= 0.6 is 0 Å². The zero-order valence-corrected chi connectivity index (χ0v) is 20.3. The van der Waals surface area contributed by atoms with Crippen molar-refractivity contribution in [1.29, 1.82) is 0 Å². The summed E-state index contributed by atoms with van der Waals surface area (Å²) in [6.07, 6.45) is 3.03. The predicted molar refractivity (Wildman–Crippen MR) is 130 cm³/mol. The van der Waals surface area contributed by atoms with Crippen LogP contribution in [0.3, 0.4) is 0 Å². The second-order valence-corrected chi connectivity index (χ2v) is 9.69. The van der Waals surface area contributed by atoms with Gasteiger partial charge >= 0.3 is 5.97 Å². The van der Waals surface area contributed by atoms with Crippen LogP contribution in [0.4, 0.5) is 10.1 Å². The molecular formula is C28H31FNO5+. The lowest BCUT2D eigenvalue weighted by molar-refractivity contribution is -0.438. The summed E-state index contributed by atoms with van der Waals surface area (Å²) in [7, 11) is 1.57. The van der Waals surface area contributed by atoms with Gasteiger partial charge in [-0.05, 0) is 56.5 Å². The van der Waals surface area contributed by atoms with Gasteiger partial charge in [-0.1, -0.05) is 12.1 Å². The zero-order chi connectivity index (χ0) is 25.3. The Morgan fingerprint density at radius 1 is 1.14 bits per heavy atom. The molecule has 1 heterocycles. The molecule has 1 aliphatic heterocycles. The van der Waals surface area contributed by atoms with Gasteiger partial charge in [0.05, 0.1) is 24.5 Å². The van der Waals surface area contributed by atoms with Crippen LogP contribution in [0.25, 0.3) is 0 Å². The number of fused-ring (bicyclic) bond motifs is 1. The van der Waals surface area contributed by atoms with Crippen molar-refractivity contribution in [2.24, 2.45) is 0 Å². The number of aliphatic hydroxyl groups is 1. The van der Waals surface area contributed by atoms with Crippen LogP contribution in [-0.2, 0) is 15.0 Å². The van der Waals surface area contributed by atoms with E-state index in [1.165, 1.54) is 12.1 Å². The fourth-order valence-corrected chi connectivity index (χ4v) is 5.07. The fraction of sp³-hybridized carbons (Fsp3) is 0.393. The lowest BCUT2D eigenvalue weighted by Gasteiger charge is -2.34. The first-order valence-corrected chi connectivity index (χ1v) is 11.9. The molecule has 0 amide bonds. The Balaban J connectivity index is 1.64. The number of methoxy groups -OCH3 is 1. The van der Waals surface area contributed by atoms with Gasteiger partial charge in [0.15, 0.2) is 11.5 Å². The number of ketones is 1. The molecule has 1 aliphatic carbocycles. The van der Waals surface area contributed by atoms with Crippen LogP contribution in [0.1, 0.15) is 56.6 Å². The number of aliphatic hydroxyl groups excluding tert-OH is 1. The average molecular weight is 481 g/mol. The molecule has 1 fully saturated rings. The Hall–Kier alpha value is -3.32. The molecule has 2 aromatic rings. The predicted octanol–water partition coefficient (Wildman–Crippen LogP) is 4.51. The summed E-state index contributed by atoms with van der Waals surface area (Å²) in [5.41, 5.74) is 3.02. The third-order valence-electron chi connectivity index (χ3n) is 7.09. The minimum atomic E-state index is -0.933. The summed E-state index contributed by atoms with van der Waals surface area (Å²) >= 11 is 0. The highest BCUT2D eigenvalue weighted by atomic mass is 19.1. The molecule has 6 nitrogen and oxygen atoms in total. The number of rotatable bonds is 9. The van der Waals surface area contributed by atoms with Gasteiger partial charge in [0, 0.05) is 36.1 Å². The van der Waals surface area contributed by atoms with Gasteiger partial charge in [-0.25, -0.2) is 4.39 Å².